The maximum absolute atomic E-state index is 12.6. The van der Waals surface area contributed by atoms with Crippen LogP contribution in [0, 0.1) is 0 Å². The highest BCUT2D eigenvalue weighted by Crippen LogP contribution is 2.27. The van der Waals surface area contributed by atoms with E-state index < -0.39 is 5.97 Å². The number of esters is 1. The number of piperazine rings is 1. The van der Waals surface area contributed by atoms with Crippen LogP contribution in [-0.4, -0.2) is 69.1 Å². The van der Waals surface area contributed by atoms with Crippen LogP contribution in [0.1, 0.15) is 0 Å². The summed E-state index contributed by atoms with van der Waals surface area (Å²) in [7, 11) is 4.76. The van der Waals surface area contributed by atoms with Crippen LogP contribution in [0.3, 0.4) is 0 Å². The molecule has 0 bridgehead atoms. The molecule has 2 rings (SSSR count). The van der Waals surface area contributed by atoms with E-state index in [1.165, 1.54) is 13.3 Å². The quantitative estimate of drug-likeness (QED) is 0.344. The second-order valence-electron chi connectivity index (χ2n) is 5.88. The van der Waals surface area contributed by atoms with E-state index in [4.69, 9.17) is 27.9 Å². The minimum Gasteiger partial charge on any atom is -0.465 e. The zero-order valence-corrected chi connectivity index (χ0v) is 16.0. The van der Waals surface area contributed by atoms with Gasteiger partial charge in [-0.2, -0.15) is 0 Å². The van der Waals surface area contributed by atoms with Gasteiger partial charge in [-0.15, -0.1) is 0 Å². The Morgan fingerprint density at radius 1 is 1.12 bits per heavy atom. The number of hydrogen-bond acceptors (Lipinski definition) is 5. The number of methoxy groups -OCH3 is 1. The van der Waals surface area contributed by atoms with Gasteiger partial charge in [0.25, 0.3) is 5.91 Å². The number of halogens is 2. The lowest BCUT2D eigenvalue weighted by Gasteiger charge is -2.36. The minimum absolute atomic E-state index is 0.0236. The van der Waals surface area contributed by atoms with Crippen molar-refractivity contribution in [2.45, 2.75) is 0 Å². The van der Waals surface area contributed by atoms with E-state index in [1.54, 1.807) is 30.0 Å². The molecule has 136 valence electrons. The lowest BCUT2D eigenvalue weighted by molar-refractivity contribution is -0.140. The summed E-state index contributed by atoms with van der Waals surface area (Å²) in [4.78, 5) is 30.0. The normalized spacial score (nSPS) is 15.2. The molecule has 0 aliphatic carbocycles. The van der Waals surface area contributed by atoms with Crippen LogP contribution < -0.4 is 4.90 Å². The van der Waals surface area contributed by atoms with Crippen molar-refractivity contribution < 1.29 is 14.3 Å². The Kier molecular flexibility index (Phi) is 6.56. The van der Waals surface area contributed by atoms with Gasteiger partial charge in [-0.25, -0.2) is 4.79 Å². The fourth-order valence-electron chi connectivity index (χ4n) is 2.58. The van der Waals surface area contributed by atoms with Crippen molar-refractivity contribution in [3.8, 4) is 0 Å². The zero-order chi connectivity index (χ0) is 18.6. The van der Waals surface area contributed by atoms with Gasteiger partial charge in [-0.05, 0) is 18.2 Å². The molecule has 0 atom stereocenters. The van der Waals surface area contributed by atoms with Crippen LogP contribution in [0.25, 0.3) is 0 Å². The highest BCUT2D eigenvalue weighted by molar-refractivity contribution is 6.42. The zero-order valence-electron chi connectivity index (χ0n) is 14.5. The molecular weight excluding hydrogens is 365 g/mol. The molecule has 1 aliphatic heterocycles. The van der Waals surface area contributed by atoms with Crippen LogP contribution in [0.5, 0.6) is 0 Å². The Morgan fingerprint density at radius 2 is 1.76 bits per heavy atom. The fourth-order valence-corrected chi connectivity index (χ4v) is 2.88. The van der Waals surface area contributed by atoms with Crippen molar-refractivity contribution in [1.29, 1.82) is 0 Å². The standard InChI is InChI=1S/C17H21Cl2N3O3/c1-20(2)11-13(17(24)25-3)16(23)22-8-6-21(7-9-22)12-4-5-14(18)15(19)10-12/h4-5,10-11H,6-9H2,1-3H3. The summed E-state index contributed by atoms with van der Waals surface area (Å²) < 4.78 is 4.72. The van der Waals surface area contributed by atoms with Gasteiger partial charge in [-0.3, -0.25) is 4.79 Å². The molecule has 1 amide bonds. The van der Waals surface area contributed by atoms with Crippen LogP contribution in [-0.2, 0) is 14.3 Å². The van der Waals surface area contributed by atoms with Gasteiger partial charge in [0.2, 0.25) is 0 Å². The molecule has 1 fully saturated rings. The van der Waals surface area contributed by atoms with Crippen molar-refractivity contribution in [3.63, 3.8) is 0 Å². The Balaban J connectivity index is 2.06. The van der Waals surface area contributed by atoms with Crippen LogP contribution in [0.4, 0.5) is 5.69 Å². The third-order valence-electron chi connectivity index (χ3n) is 3.86. The third-order valence-corrected chi connectivity index (χ3v) is 4.60. The molecule has 1 aromatic rings. The van der Waals surface area contributed by atoms with Crippen LogP contribution in [0.15, 0.2) is 30.0 Å². The van der Waals surface area contributed by atoms with Crippen molar-refractivity contribution in [1.82, 2.24) is 9.80 Å². The number of carbonyl (C=O) groups excluding carboxylic acids is 2. The molecule has 6 nitrogen and oxygen atoms in total. The van der Waals surface area contributed by atoms with Gasteiger partial charge in [-0.1, -0.05) is 23.2 Å². The largest absolute Gasteiger partial charge is 0.465 e. The van der Waals surface area contributed by atoms with E-state index in [1.807, 2.05) is 12.1 Å². The average molecular weight is 386 g/mol. The maximum atomic E-state index is 12.6. The summed E-state index contributed by atoms with van der Waals surface area (Å²) in [5.74, 6) is -0.958. The van der Waals surface area contributed by atoms with Gasteiger partial charge in [0.15, 0.2) is 0 Å². The lowest BCUT2D eigenvalue weighted by atomic mass is 10.2. The first kappa shape index (κ1) is 19.4. The SMILES string of the molecule is COC(=O)C(=CN(C)C)C(=O)N1CCN(c2ccc(Cl)c(Cl)c2)CC1. The predicted molar refractivity (Wildman–Crippen MR) is 99.0 cm³/mol. The molecule has 0 unspecified atom stereocenters. The molecule has 0 saturated carbocycles. The minimum atomic E-state index is -0.634. The van der Waals surface area contributed by atoms with Crippen molar-refractivity contribution >= 4 is 40.8 Å². The van der Waals surface area contributed by atoms with E-state index in [9.17, 15) is 9.59 Å². The highest BCUT2D eigenvalue weighted by atomic mass is 35.5. The summed E-state index contributed by atoms with van der Waals surface area (Å²) in [6.07, 6.45) is 1.49. The predicted octanol–water partition coefficient (Wildman–Crippen LogP) is 2.26. The van der Waals surface area contributed by atoms with E-state index in [2.05, 4.69) is 4.90 Å². The van der Waals surface area contributed by atoms with E-state index in [0.29, 0.717) is 36.2 Å². The smallest absolute Gasteiger partial charge is 0.344 e. The number of carbonyl (C=O) groups is 2. The Labute approximate surface area is 157 Å². The molecule has 1 heterocycles. The average Bonchev–Trinajstić information content (AvgIpc) is 2.60. The fraction of sp³-hybridized carbons (Fsp3) is 0.412. The lowest BCUT2D eigenvalue weighted by Crippen LogP contribution is -2.50. The first-order valence-corrected chi connectivity index (χ1v) is 8.55. The molecule has 1 aliphatic rings. The molecule has 1 saturated heterocycles. The van der Waals surface area contributed by atoms with E-state index in [-0.39, 0.29) is 11.5 Å². The molecule has 0 spiro atoms. The molecule has 25 heavy (non-hydrogen) atoms. The number of rotatable bonds is 4. The summed E-state index contributed by atoms with van der Waals surface area (Å²) in [5, 5.41) is 1.01. The highest BCUT2D eigenvalue weighted by Gasteiger charge is 2.28. The molecule has 0 aromatic heterocycles. The second-order valence-corrected chi connectivity index (χ2v) is 6.69. The van der Waals surface area contributed by atoms with Gasteiger partial charge in [0, 0.05) is 52.2 Å². The number of nitrogens with zero attached hydrogens (tertiary/aromatic N) is 3. The molecule has 0 N–H and O–H groups in total. The summed E-state index contributed by atoms with van der Waals surface area (Å²) in [5.41, 5.74) is 0.981. The third kappa shape index (κ3) is 4.80. The molecule has 8 heteroatoms. The molecule has 0 radical (unpaired) electrons. The molecular formula is C17H21Cl2N3O3. The van der Waals surface area contributed by atoms with Gasteiger partial charge in [0.1, 0.15) is 5.57 Å². The Bertz CT molecular complexity index is 684. The first-order valence-electron chi connectivity index (χ1n) is 7.79. The summed E-state index contributed by atoms with van der Waals surface area (Å²) >= 11 is 12.0. The maximum Gasteiger partial charge on any atom is 0.344 e. The monoisotopic (exact) mass is 385 g/mol. The van der Waals surface area contributed by atoms with Crippen molar-refractivity contribution in [2.75, 3.05) is 52.3 Å². The topological polar surface area (TPSA) is 53.1 Å². The Morgan fingerprint density at radius 3 is 2.28 bits per heavy atom. The number of benzene rings is 1. The second kappa shape index (κ2) is 8.45. The van der Waals surface area contributed by atoms with E-state index in [0.717, 1.165) is 5.69 Å². The van der Waals surface area contributed by atoms with Crippen molar-refractivity contribution in [2.24, 2.45) is 0 Å². The molecule has 1 aromatic carbocycles. The number of anilines is 1. The first-order chi connectivity index (χ1) is 11.8. The van der Waals surface area contributed by atoms with Crippen molar-refractivity contribution in [3.05, 3.63) is 40.0 Å². The summed E-state index contributed by atoms with van der Waals surface area (Å²) in [6.45, 7) is 2.28. The van der Waals surface area contributed by atoms with Gasteiger partial charge < -0.3 is 19.4 Å². The van der Waals surface area contributed by atoms with Gasteiger partial charge >= 0.3 is 5.97 Å². The van der Waals surface area contributed by atoms with Crippen LogP contribution >= 0.6 is 23.2 Å². The number of ether oxygens (including phenoxy) is 1. The summed E-state index contributed by atoms with van der Waals surface area (Å²) in [6, 6.07) is 5.47. The Hall–Kier alpha value is -1.92. The van der Waals surface area contributed by atoms with Crippen LogP contribution in [0.2, 0.25) is 10.0 Å². The number of amides is 1. The van der Waals surface area contributed by atoms with E-state index >= 15 is 0 Å². The number of hydrogen-bond donors (Lipinski definition) is 0. The van der Waals surface area contributed by atoms with Gasteiger partial charge in [0.05, 0.1) is 17.2 Å².